The molecule has 2 heterocycles. The minimum Gasteiger partial charge on any atom is -0.353 e. The van der Waals surface area contributed by atoms with E-state index in [1.54, 1.807) is 12.4 Å². The Labute approximate surface area is 112 Å². The summed E-state index contributed by atoms with van der Waals surface area (Å²) in [5.41, 5.74) is 0.803. The van der Waals surface area contributed by atoms with Gasteiger partial charge in [0.1, 0.15) is 18.0 Å². The second-order valence-corrected chi connectivity index (χ2v) is 5.54. The molecule has 1 aliphatic heterocycles. The first-order valence-corrected chi connectivity index (χ1v) is 6.82. The topological polar surface area (TPSA) is 29.0 Å². The summed E-state index contributed by atoms with van der Waals surface area (Å²) < 4.78 is 13.5. The van der Waals surface area contributed by atoms with Gasteiger partial charge in [0.25, 0.3) is 0 Å². The fourth-order valence-electron chi connectivity index (χ4n) is 2.83. The van der Waals surface area contributed by atoms with Crippen LogP contribution in [0.2, 0.25) is 0 Å². The van der Waals surface area contributed by atoms with Crippen molar-refractivity contribution in [1.82, 2.24) is 9.97 Å². The Kier molecular flexibility index (Phi) is 3.09. The molecule has 0 N–H and O–H groups in total. The van der Waals surface area contributed by atoms with Gasteiger partial charge in [-0.3, -0.25) is 0 Å². The van der Waals surface area contributed by atoms with Crippen LogP contribution in [0.15, 0.2) is 24.5 Å². The second-order valence-electron chi connectivity index (χ2n) is 5.54. The van der Waals surface area contributed by atoms with Crippen molar-refractivity contribution in [3.63, 3.8) is 0 Å². The summed E-state index contributed by atoms with van der Waals surface area (Å²) in [5, 5.41) is 0.809. The van der Waals surface area contributed by atoms with E-state index < -0.39 is 0 Å². The molecule has 1 aromatic heterocycles. The maximum absolute atomic E-state index is 13.5. The van der Waals surface area contributed by atoms with Crippen molar-refractivity contribution in [2.45, 2.75) is 32.7 Å². The van der Waals surface area contributed by atoms with Gasteiger partial charge >= 0.3 is 0 Å². The molecule has 2 atom stereocenters. The Hall–Kier alpha value is -1.71. The molecule has 1 aliphatic rings. The molecular formula is C15H18FN3. The summed E-state index contributed by atoms with van der Waals surface area (Å²) in [6.45, 7) is 5.44. The molecule has 0 amide bonds. The van der Waals surface area contributed by atoms with Gasteiger partial charge in [-0.2, -0.15) is 0 Å². The molecule has 1 saturated heterocycles. The number of fused-ring (bicyclic) bond motifs is 1. The number of rotatable bonds is 1. The maximum atomic E-state index is 13.5. The summed E-state index contributed by atoms with van der Waals surface area (Å²) in [7, 11) is 0. The Morgan fingerprint density at radius 2 is 2.05 bits per heavy atom. The van der Waals surface area contributed by atoms with Crippen LogP contribution in [0.25, 0.3) is 10.9 Å². The first-order valence-electron chi connectivity index (χ1n) is 6.82. The van der Waals surface area contributed by atoms with Crippen molar-refractivity contribution in [3.8, 4) is 0 Å². The number of aromatic nitrogens is 2. The lowest BCUT2D eigenvalue weighted by Gasteiger charge is -2.38. The van der Waals surface area contributed by atoms with Crippen LogP contribution in [0, 0.1) is 11.7 Å². The van der Waals surface area contributed by atoms with Crippen molar-refractivity contribution in [2.75, 3.05) is 11.4 Å². The summed E-state index contributed by atoms with van der Waals surface area (Å²) in [5.74, 6) is 1.28. The molecule has 0 radical (unpaired) electrons. The van der Waals surface area contributed by atoms with Crippen LogP contribution < -0.4 is 4.90 Å². The van der Waals surface area contributed by atoms with Crippen LogP contribution in [0.1, 0.15) is 26.7 Å². The van der Waals surface area contributed by atoms with Gasteiger partial charge in [-0.25, -0.2) is 14.4 Å². The molecule has 19 heavy (non-hydrogen) atoms. The molecule has 3 rings (SSSR count). The zero-order chi connectivity index (χ0) is 13.4. The molecule has 2 unspecified atom stereocenters. The second kappa shape index (κ2) is 4.76. The summed E-state index contributed by atoms with van der Waals surface area (Å²) in [6.07, 6.45) is 3.97. The van der Waals surface area contributed by atoms with Gasteiger partial charge in [-0.1, -0.05) is 6.92 Å². The van der Waals surface area contributed by atoms with Crippen LogP contribution in [0.4, 0.5) is 10.2 Å². The summed E-state index contributed by atoms with van der Waals surface area (Å²) >= 11 is 0. The third kappa shape index (κ3) is 2.27. The van der Waals surface area contributed by atoms with E-state index in [0.29, 0.717) is 12.0 Å². The van der Waals surface area contributed by atoms with E-state index in [1.807, 2.05) is 0 Å². The molecule has 100 valence electrons. The number of nitrogens with zero attached hydrogens (tertiary/aromatic N) is 3. The molecule has 1 fully saturated rings. The van der Waals surface area contributed by atoms with E-state index in [9.17, 15) is 4.39 Å². The average Bonchev–Trinajstić information content (AvgIpc) is 2.41. The predicted octanol–water partition coefficient (Wildman–Crippen LogP) is 3.39. The number of piperidine rings is 1. The standard InChI is InChI=1S/C15H18FN3/c1-10-3-4-11(2)19(8-10)15-13-7-12(16)5-6-14(13)17-9-18-15/h5-7,9-11H,3-4,8H2,1-2H3. The molecule has 1 aromatic carbocycles. The summed E-state index contributed by atoms with van der Waals surface area (Å²) in [4.78, 5) is 10.9. The van der Waals surface area contributed by atoms with E-state index in [-0.39, 0.29) is 5.82 Å². The lowest BCUT2D eigenvalue weighted by Crippen LogP contribution is -2.41. The molecule has 0 bridgehead atoms. The third-order valence-electron chi connectivity index (χ3n) is 3.97. The van der Waals surface area contributed by atoms with E-state index in [0.717, 1.165) is 29.7 Å². The highest BCUT2D eigenvalue weighted by atomic mass is 19.1. The Morgan fingerprint density at radius 3 is 2.89 bits per heavy atom. The average molecular weight is 259 g/mol. The van der Waals surface area contributed by atoms with Gasteiger partial charge in [-0.05, 0) is 43.9 Å². The molecular weight excluding hydrogens is 241 g/mol. The van der Waals surface area contributed by atoms with Crippen molar-refractivity contribution in [2.24, 2.45) is 5.92 Å². The number of anilines is 1. The number of hydrogen-bond donors (Lipinski definition) is 0. The van der Waals surface area contributed by atoms with E-state index in [1.165, 1.54) is 18.6 Å². The maximum Gasteiger partial charge on any atom is 0.140 e. The molecule has 4 heteroatoms. The minimum absolute atomic E-state index is 0.235. The van der Waals surface area contributed by atoms with E-state index >= 15 is 0 Å². The van der Waals surface area contributed by atoms with Gasteiger partial charge in [0.05, 0.1) is 5.52 Å². The molecule has 3 nitrogen and oxygen atoms in total. The van der Waals surface area contributed by atoms with Crippen LogP contribution in [0.3, 0.4) is 0 Å². The van der Waals surface area contributed by atoms with Crippen molar-refractivity contribution in [1.29, 1.82) is 0 Å². The lowest BCUT2D eigenvalue weighted by molar-refractivity contribution is 0.389. The Morgan fingerprint density at radius 1 is 1.21 bits per heavy atom. The monoisotopic (exact) mass is 259 g/mol. The number of halogens is 1. The van der Waals surface area contributed by atoms with Crippen LogP contribution >= 0.6 is 0 Å². The molecule has 0 aliphatic carbocycles. The van der Waals surface area contributed by atoms with E-state index in [2.05, 4.69) is 28.7 Å². The predicted molar refractivity (Wildman–Crippen MR) is 74.7 cm³/mol. The number of hydrogen-bond acceptors (Lipinski definition) is 3. The SMILES string of the molecule is CC1CCC(C)N(c2ncnc3ccc(F)cc23)C1. The fourth-order valence-corrected chi connectivity index (χ4v) is 2.83. The zero-order valence-corrected chi connectivity index (χ0v) is 11.3. The zero-order valence-electron chi connectivity index (χ0n) is 11.3. The lowest BCUT2D eigenvalue weighted by atomic mass is 9.95. The van der Waals surface area contributed by atoms with Gasteiger partial charge in [0.15, 0.2) is 0 Å². The normalized spacial score (nSPS) is 23.8. The van der Waals surface area contributed by atoms with Crippen molar-refractivity contribution in [3.05, 3.63) is 30.3 Å². The molecule has 0 spiro atoms. The van der Waals surface area contributed by atoms with Crippen molar-refractivity contribution < 1.29 is 4.39 Å². The van der Waals surface area contributed by atoms with Crippen molar-refractivity contribution >= 4 is 16.7 Å². The largest absolute Gasteiger partial charge is 0.353 e. The van der Waals surface area contributed by atoms with E-state index in [4.69, 9.17) is 0 Å². The van der Waals surface area contributed by atoms with Crippen LogP contribution in [-0.2, 0) is 0 Å². The minimum atomic E-state index is -0.235. The number of benzene rings is 1. The van der Waals surface area contributed by atoms with Gasteiger partial charge in [0, 0.05) is 18.0 Å². The Balaban J connectivity index is 2.10. The quantitative estimate of drug-likeness (QED) is 0.786. The first kappa shape index (κ1) is 12.3. The molecule has 2 aromatic rings. The van der Waals surface area contributed by atoms with Gasteiger partial charge in [-0.15, -0.1) is 0 Å². The highest BCUT2D eigenvalue weighted by molar-refractivity contribution is 5.89. The summed E-state index contributed by atoms with van der Waals surface area (Å²) in [6, 6.07) is 5.14. The Bertz CT molecular complexity index is 599. The van der Waals surface area contributed by atoms with Gasteiger partial charge < -0.3 is 4.90 Å². The highest BCUT2D eigenvalue weighted by Gasteiger charge is 2.25. The smallest absolute Gasteiger partial charge is 0.140 e. The molecule has 0 saturated carbocycles. The third-order valence-corrected chi connectivity index (χ3v) is 3.97. The van der Waals surface area contributed by atoms with Crippen LogP contribution in [0.5, 0.6) is 0 Å². The highest BCUT2D eigenvalue weighted by Crippen LogP contribution is 2.30. The first-order chi connectivity index (χ1) is 9.15. The fraction of sp³-hybridized carbons (Fsp3) is 0.467. The van der Waals surface area contributed by atoms with Gasteiger partial charge in [0.2, 0.25) is 0 Å². The van der Waals surface area contributed by atoms with Crippen LogP contribution in [-0.4, -0.2) is 22.6 Å².